The first-order valence-electron chi connectivity index (χ1n) is 4.69. The van der Waals surface area contributed by atoms with Crippen molar-refractivity contribution in [1.82, 2.24) is 0 Å². The Balaban J connectivity index is 2.49. The Labute approximate surface area is 77.8 Å². The van der Waals surface area contributed by atoms with Gasteiger partial charge in [0.15, 0.2) is 0 Å². The van der Waals surface area contributed by atoms with E-state index in [1.165, 1.54) is 0 Å². The van der Waals surface area contributed by atoms with Crippen molar-refractivity contribution in [3.63, 3.8) is 0 Å². The lowest BCUT2D eigenvalue weighted by atomic mass is 9.81. The third-order valence-corrected chi connectivity index (χ3v) is 2.95. The topological polar surface area (TPSA) is 40.5 Å². The Morgan fingerprint density at radius 1 is 1.38 bits per heavy atom. The van der Waals surface area contributed by atoms with Gasteiger partial charge in [-0.3, -0.25) is 0 Å². The SMILES string of the molecule is CC1c2cccc(O)c2CCC1O. The van der Waals surface area contributed by atoms with Crippen LogP contribution >= 0.6 is 0 Å². The Kier molecular flexibility index (Phi) is 2.00. The van der Waals surface area contributed by atoms with E-state index >= 15 is 0 Å². The average molecular weight is 178 g/mol. The minimum absolute atomic E-state index is 0.149. The molecular formula is C11H14O2. The van der Waals surface area contributed by atoms with Crippen LogP contribution in [0.2, 0.25) is 0 Å². The largest absolute Gasteiger partial charge is 0.508 e. The van der Waals surface area contributed by atoms with Crippen LogP contribution in [-0.4, -0.2) is 16.3 Å². The molecule has 0 aliphatic heterocycles. The van der Waals surface area contributed by atoms with Gasteiger partial charge < -0.3 is 10.2 Å². The van der Waals surface area contributed by atoms with Crippen LogP contribution in [0.15, 0.2) is 18.2 Å². The number of aliphatic hydroxyl groups is 1. The first-order valence-corrected chi connectivity index (χ1v) is 4.69. The van der Waals surface area contributed by atoms with Gasteiger partial charge in [-0.2, -0.15) is 0 Å². The van der Waals surface area contributed by atoms with Crippen molar-refractivity contribution in [2.75, 3.05) is 0 Å². The Morgan fingerprint density at radius 2 is 2.15 bits per heavy atom. The first-order chi connectivity index (χ1) is 6.20. The summed E-state index contributed by atoms with van der Waals surface area (Å²) >= 11 is 0. The molecular weight excluding hydrogens is 164 g/mol. The van der Waals surface area contributed by atoms with E-state index < -0.39 is 0 Å². The highest BCUT2D eigenvalue weighted by atomic mass is 16.3. The third kappa shape index (κ3) is 1.31. The van der Waals surface area contributed by atoms with Gasteiger partial charge >= 0.3 is 0 Å². The molecule has 0 bridgehead atoms. The molecule has 2 heteroatoms. The Hall–Kier alpha value is -1.02. The zero-order chi connectivity index (χ0) is 9.42. The summed E-state index contributed by atoms with van der Waals surface area (Å²) in [6.45, 7) is 2.00. The van der Waals surface area contributed by atoms with Crippen LogP contribution in [0.1, 0.15) is 30.4 Å². The van der Waals surface area contributed by atoms with Gasteiger partial charge in [-0.15, -0.1) is 0 Å². The molecule has 1 aromatic carbocycles. The summed E-state index contributed by atoms with van der Waals surface area (Å²) in [6.07, 6.45) is 1.29. The van der Waals surface area contributed by atoms with Crippen LogP contribution in [0, 0.1) is 0 Å². The Morgan fingerprint density at radius 3 is 2.92 bits per heavy atom. The van der Waals surface area contributed by atoms with Crippen molar-refractivity contribution in [2.45, 2.75) is 31.8 Å². The van der Waals surface area contributed by atoms with E-state index in [1.807, 2.05) is 19.1 Å². The van der Waals surface area contributed by atoms with Gasteiger partial charge in [-0.25, -0.2) is 0 Å². The number of hydrogen-bond donors (Lipinski definition) is 2. The number of aromatic hydroxyl groups is 1. The number of aliphatic hydroxyl groups excluding tert-OH is 1. The number of phenolic OH excluding ortho intramolecular Hbond substituents is 1. The highest BCUT2D eigenvalue weighted by molar-refractivity contribution is 5.43. The Bertz CT molecular complexity index is 320. The molecule has 0 spiro atoms. The fourth-order valence-corrected chi connectivity index (χ4v) is 2.04. The van der Waals surface area contributed by atoms with Gasteiger partial charge in [0, 0.05) is 5.92 Å². The van der Waals surface area contributed by atoms with E-state index in [9.17, 15) is 10.2 Å². The van der Waals surface area contributed by atoms with Crippen molar-refractivity contribution in [1.29, 1.82) is 0 Å². The lowest BCUT2D eigenvalue weighted by Gasteiger charge is -2.27. The lowest BCUT2D eigenvalue weighted by Crippen LogP contribution is -2.22. The van der Waals surface area contributed by atoms with E-state index in [4.69, 9.17) is 0 Å². The number of fused-ring (bicyclic) bond motifs is 1. The summed E-state index contributed by atoms with van der Waals surface area (Å²) in [5.74, 6) is 0.520. The number of benzene rings is 1. The van der Waals surface area contributed by atoms with Gasteiger partial charge in [0.2, 0.25) is 0 Å². The van der Waals surface area contributed by atoms with Crippen LogP contribution < -0.4 is 0 Å². The summed E-state index contributed by atoms with van der Waals surface area (Å²) in [5.41, 5.74) is 2.11. The number of rotatable bonds is 0. The molecule has 0 amide bonds. The number of phenols is 1. The van der Waals surface area contributed by atoms with Crippen molar-refractivity contribution in [2.24, 2.45) is 0 Å². The monoisotopic (exact) mass is 178 g/mol. The van der Waals surface area contributed by atoms with E-state index in [0.29, 0.717) is 5.75 Å². The summed E-state index contributed by atoms with van der Waals surface area (Å²) in [4.78, 5) is 0. The molecule has 2 N–H and O–H groups in total. The highest BCUT2D eigenvalue weighted by Crippen LogP contribution is 2.35. The van der Waals surface area contributed by atoms with Crippen molar-refractivity contribution in [3.8, 4) is 5.75 Å². The zero-order valence-corrected chi connectivity index (χ0v) is 7.70. The van der Waals surface area contributed by atoms with Gasteiger partial charge in [-0.1, -0.05) is 19.1 Å². The molecule has 0 saturated heterocycles. The van der Waals surface area contributed by atoms with Crippen molar-refractivity contribution < 1.29 is 10.2 Å². The zero-order valence-electron chi connectivity index (χ0n) is 7.70. The van der Waals surface area contributed by atoms with Crippen LogP contribution in [0.3, 0.4) is 0 Å². The molecule has 1 aliphatic carbocycles. The van der Waals surface area contributed by atoms with Crippen molar-refractivity contribution >= 4 is 0 Å². The molecule has 0 heterocycles. The van der Waals surface area contributed by atoms with E-state index in [2.05, 4.69) is 0 Å². The minimum Gasteiger partial charge on any atom is -0.508 e. The molecule has 2 nitrogen and oxygen atoms in total. The second kappa shape index (κ2) is 3.04. The van der Waals surface area contributed by atoms with Gasteiger partial charge in [0.05, 0.1) is 6.10 Å². The van der Waals surface area contributed by atoms with E-state index in [-0.39, 0.29) is 12.0 Å². The second-order valence-corrected chi connectivity index (χ2v) is 3.74. The normalized spacial score (nSPS) is 26.9. The molecule has 1 aromatic rings. The maximum Gasteiger partial charge on any atom is 0.119 e. The summed E-state index contributed by atoms with van der Waals surface area (Å²) in [5, 5.41) is 19.2. The molecule has 0 fully saturated rings. The van der Waals surface area contributed by atoms with E-state index in [1.54, 1.807) is 6.07 Å². The molecule has 2 rings (SSSR count). The van der Waals surface area contributed by atoms with Gasteiger partial charge in [-0.05, 0) is 30.0 Å². The maximum absolute atomic E-state index is 9.63. The molecule has 70 valence electrons. The van der Waals surface area contributed by atoms with Crippen LogP contribution in [0.25, 0.3) is 0 Å². The van der Waals surface area contributed by atoms with Crippen LogP contribution in [-0.2, 0) is 6.42 Å². The number of hydrogen-bond acceptors (Lipinski definition) is 2. The molecule has 2 unspecified atom stereocenters. The van der Waals surface area contributed by atoms with Gasteiger partial charge in [0.25, 0.3) is 0 Å². The molecule has 1 aliphatic rings. The summed E-state index contributed by atoms with van der Waals surface area (Å²) in [7, 11) is 0. The molecule has 0 radical (unpaired) electrons. The quantitative estimate of drug-likeness (QED) is 0.636. The molecule has 13 heavy (non-hydrogen) atoms. The third-order valence-electron chi connectivity index (χ3n) is 2.95. The lowest BCUT2D eigenvalue weighted by molar-refractivity contribution is 0.132. The standard InChI is InChI=1S/C11H14O2/c1-7-8-3-2-4-11(13)9(8)5-6-10(7)12/h2-4,7,10,12-13H,5-6H2,1H3. The van der Waals surface area contributed by atoms with Crippen LogP contribution in [0.5, 0.6) is 5.75 Å². The average Bonchev–Trinajstić information content (AvgIpc) is 2.12. The smallest absolute Gasteiger partial charge is 0.119 e. The molecule has 0 saturated carbocycles. The summed E-state index contributed by atoms with van der Waals surface area (Å²) in [6, 6.07) is 5.54. The second-order valence-electron chi connectivity index (χ2n) is 3.74. The highest BCUT2D eigenvalue weighted by Gasteiger charge is 2.25. The fourth-order valence-electron chi connectivity index (χ4n) is 2.04. The first kappa shape index (κ1) is 8.57. The molecule has 0 aromatic heterocycles. The van der Waals surface area contributed by atoms with Crippen LogP contribution in [0.4, 0.5) is 0 Å². The van der Waals surface area contributed by atoms with E-state index in [0.717, 1.165) is 24.0 Å². The molecule has 2 atom stereocenters. The minimum atomic E-state index is -0.255. The van der Waals surface area contributed by atoms with Gasteiger partial charge in [0.1, 0.15) is 5.75 Å². The predicted octanol–water partition coefficient (Wildman–Crippen LogP) is 1.80. The maximum atomic E-state index is 9.63. The fraction of sp³-hybridized carbons (Fsp3) is 0.455. The van der Waals surface area contributed by atoms with Crippen molar-refractivity contribution in [3.05, 3.63) is 29.3 Å². The predicted molar refractivity (Wildman–Crippen MR) is 50.8 cm³/mol. The summed E-state index contributed by atoms with van der Waals surface area (Å²) < 4.78 is 0.